The molecule has 0 radical (unpaired) electrons. The van der Waals surface area contributed by atoms with E-state index in [1.807, 2.05) is 19.2 Å². The van der Waals surface area contributed by atoms with E-state index < -0.39 is 0 Å². The van der Waals surface area contributed by atoms with Crippen LogP contribution in [0.1, 0.15) is 19.4 Å². The molecule has 1 aliphatic heterocycles. The van der Waals surface area contributed by atoms with Crippen molar-refractivity contribution in [3.05, 3.63) is 29.8 Å². The Hall–Kier alpha value is -0.630. The average Bonchev–Trinajstić information content (AvgIpc) is 2.56. The van der Waals surface area contributed by atoms with Gasteiger partial charge in [-0.1, -0.05) is 26.0 Å². The minimum atomic E-state index is 0. The van der Waals surface area contributed by atoms with E-state index in [1.165, 1.54) is 11.3 Å². The molecule has 1 unspecified atom stereocenters. The van der Waals surface area contributed by atoms with E-state index in [1.54, 1.807) is 7.11 Å². The van der Waals surface area contributed by atoms with E-state index in [4.69, 9.17) is 4.74 Å². The molecule has 1 aliphatic rings. The average molecular weight is 449 g/mol. The number of hydrogen-bond acceptors (Lipinski definition) is 3. The van der Waals surface area contributed by atoms with Crippen LogP contribution in [0.25, 0.3) is 0 Å². The Balaban J connectivity index is 0.00000264. The van der Waals surface area contributed by atoms with Gasteiger partial charge in [0.1, 0.15) is 5.75 Å². The van der Waals surface area contributed by atoms with Crippen molar-refractivity contribution in [1.29, 1.82) is 0 Å². The molecule has 1 heterocycles. The zero-order chi connectivity index (χ0) is 15.9. The number of benzene rings is 1. The third-order valence-corrected chi connectivity index (χ3v) is 5.50. The fraction of sp³-hybridized carbons (Fsp3) is 0.588. The van der Waals surface area contributed by atoms with E-state index in [0.29, 0.717) is 11.2 Å². The van der Waals surface area contributed by atoms with Crippen LogP contribution in [0.5, 0.6) is 5.75 Å². The molecule has 6 heteroatoms. The quantitative estimate of drug-likeness (QED) is 0.434. The first-order valence-corrected chi connectivity index (χ1v) is 8.89. The van der Waals surface area contributed by atoms with Crippen LogP contribution in [0.15, 0.2) is 29.3 Å². The lowest BCUT2D eigenvalue weighted by Gasteiger charge is -2.36. The van der Waals surface area contributed by atoms with Crippen LogP contribution in [0.2, 0.25) is 0 Å². The highest BCUT2D eigenvalue weighted by molar-refractivity contribution is 14.0. The second-order valence-corrected chi connectivity index (χ2v) is 7.20. The maximum atomic E-state index is 5.19. The Labute approximate surface area is 161 Å². The number of guanidine groups is 1. The highest BCUT2D eigenvalue weighted by atomic mass is 127. The van der Waals surface area contributed by atoms with E-state index in [-0.39, 0.29) is 24.0 Å². The summed E-state index contributed by atoms with van der Waals surface area (Å²) in [7, 11) is 3.55. The topological polar surface area (TPSA) is 36.9 Å². The molecule has 0 amide bonds. The zero-order valence-corrected chi connectivity index (χ0v) is 17.6. The van der Waals surface area contributed by atoms with Crippen molar-refractivity contribution in [1.82, 2.24) is 10.2 Å². The number of rotatable bonds is 4. The summed E-state index contributed by atoms with van der Waals surface area (Å²) in [6, 6.07) is 8.16. The summed E-state index contributed by atoms with van der Waals surface area (Å²) in [6.07, 6.45) is 0. The Morgan fingerprint density at radius 1 is 1.39 bits per heavy atom. The number of nitrogens with one attached hydrogen (secondary N) is 1. The smallest absolute Gasteiger partial charge is 0.193 e. The number of methoxy groups -OCH3 is 1. The van der Waals surface area contributed by atoms with Crippen molar-refractivity contribution in [2.45, 2.75) is 25.6 Å². The molecule has 1 atom stereocenters. The predicted molar refractivity (Wildman–Crippen MR) is 111 cm³/mol. The van der Waals surface area contributed by atoms with Gasteiger partial charge in [-0.15, -0.1) is 24.0 Å². The normalized spacial score (nSPS) is 18.6. The number of aliphatic imine (C=N–C) groups is 1. The molecule has 1 fully saturated rings. The lowest BCUT2D eigenvalue weighted by molar-refractivity contribution is 0.380. The Kier molecular flexibility index (Phi) is 9.12. The van der Waals surface area contributed by atoms with Crippen LogP contribution < -0.4 is 10.1 Å². The highest BCUT2D eigenvalue weighted by Gasteiger charge is 2.24. The fourth-order valence-electron chi connectivity index (χ4n) is 2.53. The molecule has 0 spiro atoms. The second kappa shape index (κ2) is 10.3. The van der Waals surface area contributed by atoms with Crippen molar-refractivity contribution < 1.29 is 4.74 Å². The maximum Gasteiger partial charge on any atom is 0.193 e. The van der Waals surface area contributed by atoms with Crippen LogP contribution in [0, 0.1) is 5.92 Å². The largest absolute Gasteiger partial charge is 0.497 e. The minimum Gasteiger partial charge on any atom is -0.497 e. The Morgan fingerprint density at radius 3 is 2.65 bits per heavy atom. The molecule has 1 aromatic rings. The van der Waals surface area contributed by atoms with Gasteiger partial charge in [0.2, 0.25) is 0 Å². The van der Waals surface area contributed by atoms with Crippen LogP contribution in [0.3, 0.4) is 0 Å². The van der Waals surface area contributed by atoms with Gasteiger partial charge in [0, 0.05) is 37.7 Å². The third-order valence-electron chi connectivity index (χ3n) is 3.96. The summed E-state index contributed by atoms with van der Waals surface area (Å²) in [5.41, 5.74) is 1.23. The molecule has 1 aromatic carbocycles. The van der Waals surface area contributed by atoms with Crippen molar-refractivity contribution in [3.8, 4) is 5.75 Å². The molecule has 0 bridgehead atoms. The molecule has 0 aliphatic carbocycles. The van der Waals surface area contributed by atoms with Gasteiger partial charge in [-0.05, 0) is 23.6 Å². The molecule has 4 nitrogen and oxygen atoms in total. The van der Waals surface area contributed by atoms with Crippen LogP contribution in [-0.4, -0.2) is 49.1 Å². The molecule has 1 saturated heterocycles. The Bertz CT molecular complexity index is 493. The summed E-state index contributed by atoms with van der Waals surface area (Å²) in [4.78, 5) is 6.83. The van der Waals surface area contributed by atoms with Gasteiger partial charge in [0.15, 0.2) is 5.96 Å². The van der Waals surface area contributed by atoms with Crippen molar-refractivity contribution in [3.63, 3.8) is 0 Å². The molecular weight excluding hydrogens is 421 g/mol. The van der Waals surface area contributed by atoms with Crippen LogP contribution in [0.4, 0.5) is 0 Å². The highest BCUT2D eigenvalue weighted by Crippen LogP contribution is 2.24. The van der Waals surface area contributed by atoms with E-state index in [2.05, 4.69) is 53.0 Å². The molecule has 0 saturated carbocycles. The number of hydrogen-bond donors (Lipinski definition) is 1. The molecule has 1 N–H and O–H groups in total. The first-order valence-electron chi connectivity index (χ1n) is 7.84. The molecule has 130 valence electrons. The summed E-state index contributed by atoms with van der Waals surface area (Å²) in [6.45, 7) is 7.52. The van der Waals surface area contributed by atoms with Crippen molar-refractivity contribution in [2.75, 3.05) is 33.0 Å². The van der Waals surface area contributed by atoms with Crippen molar-refractivity contribution >= 4 is 41.7 Å². The first kappa shape index (κ1) is 20.4. The fourth-order valence-corrected chi connectivity index (χ4v) is 3.83. The summed E-state index contributed by atoms with van der Waals surface area (Å²) < 4.78 is 5.19. The van der Waals surface area contributed by atoms with Crippen molar-refractivity contribution in [2.24, 2.45) is 10.9 Å². The van der Waals surface area contributed by atoms with Gasteiger partial charge in [0.05, 0.1) is 7.11 Å². The minimum absolute atomic E-state index is 0. The monoisotopic (exact) mass is 449 g/mol. The summed E-state index contributed by atoms with van der Waals surface area (Å²) in [5.74, 6) is 3.77. The van der Waals surface area contributed by atoms with Gasteiger partial charge in [0.25, 0.3) is 0 Å². The van der Waals surface area contributed by atoms with Crippen LogP contribution in [-0.2, 0) is 6.54 Å². The number of halogens is 1. The number of thioether (sulfide) groups is 1. The lowest BCUT2D eigenvalue weighted by Crippen LogP contribution is -2.48. The van der Waals surface area contributed by atoms with Gasteiger partial charge in [-0.3, -0.25) is 4.99 Å². The molecule has 2 rings (SSSR count). The van der Waals surface area contributed by atoms with Gasteiger partial charge < -0.3 is 15.0 Å². The SMILES string of the molecule is CN=C(NCc1ccc(OC)cc1)N1CCSC(C(C)C)C1.I. The maximum absolute atomic E-state index is 5.19. The molecule has 23 heavy (non-hydrogen) atoms. The standard InChI is InChI=1S/C17H27N3OS.HI/c1-13(2)16-12-20(9-10-22-16)17(18-3)19-11-14-5-7-15(21-4)8-6-14;/h5-8,13,16H,9-12H2,1-4H3,(H,18,19);1H. The van der Waals surface area contributed by atoms with E-state index >= 15 is 0 Å². The molecule has 0 aromatic heterocycles. The lowest BCUT2D eigenvalue weighted by atomic mass is 10.1. The second-order valence-electron chi connectivity index (χ2n) is 5.85. The number of ether oxygens (including phenoxy) is 1. The van der Waals surface area contributed by atoms with Gasteiger partial charge >= 0.3 is 0 Å². The first-order chi connectivity index (χ1) is 10.6. The predicted octanol–water partition coefficient (Wildman–Crippen LogP) is 3.46. The summed E-state index contributed by atoms with van der Waals surface area (Å²) >= 11 is 2.08. The third kappa shape index (κ3) is 6.06. The zero-order valence-electron chi connectivity index (χ0n) is 14.4. The summed E-state index contributed by atoms with van der Waals surface area (Å²) in [5, 5.41) is 4.17. The van der Waals surface area contributed by atoms with Crippen LogP contribution >= 0.6 is 35.7 Å². The van der Waals surface area contributed by atoms with Gasteiger partial charge in [-0.25, -0.2) is 0 Å². The Morgan fingerprint density at radius 2 is 2.09 bits per heavy atom. The van der Waals surface area contributed by atoms with E-state index in [9.17, 15) is 0 Å². The number of nitrogens with zero attached hydrogens (tertiary/aromatic N) is 2. The molecular formula is C17H28IN3OS. The van der Waals surface area contributed by atoms with Gasteiger partial charge in [-0.2, -0.15) is 11.8 Å². The van der Waals surface area contributed by atoms with E-state index in [0.717, 1.165) is 31.3 Å².